The molecule has 0 spiro atoms. The normalized spacial score (nSPS) is 19.6. The summed E-state index contributed by atoms with van der Waals surface area (Å²) >= 11 is 0. The van der Waals surface area contributed by atoms with Crippen molar-refractivity contribution in [3.05, 3.63) is 77.6 Å². The Morgan fingerprint density at radius 2 is 1.31 bits per heavy atom. The van der Waals surface area contributed by atoms with Crippen molar-refractivity contribution in [3.63, 3.8) is 0 Å². The summed E-state index contributed by atoms with van der Waals surface area (Å²) in [6.45, 7) is 2.32. The number of aromatic nitrogens is 4. The van der Waals surface area contributed by atoms with Crippen molar-refractivity contribution in [2.24, 2.45) is 0 Å². The number of benzene rings is 2. The maximum Gasteiger partial charge on any atom is 0.172 e. The molecule has 2 aliphatic rings. The first-order valence-electron chi connectivity index (χ1n) is 11.0. The van der Waals surface area contributed by atoms with Crippen LogP contribution >= 0.6 is 0 Å². The van der Waals surface area contributed by atoms with Gasteiger partial charge in [-0.15, -0.1) is 5.10 Å². The van der Waals surface area contributed by atoms with E-state index in [1.54, 1.807) is 0 Å². The highest BCUT2D eigenvalue weighted by molar-refractivity contribution is 5.33. The lowest BCUT2D eigenvalue weighted by atomic mass is 9.79. The smallest absolute Gasteiger partial charge is 0.172 e. The third-order valence-electron chi connectivity index (χ3n) is 6.78. The highest BCUT2D eigenvalue weighted by Gasteiger charge is 2.45. The molecule has 5 heteroatoms. The van der Waals surface area contributed by atoms with Crippen molar-refractivity contribution in [2.75, 3.05) is 13.1 Å². The zero-order valence-electron chi connectivity index (χ0n) is 17.0. The van der Waals surface area contributed by atoms with Crippen molar-refractivity contribution in [2.45, 2.75) is 56.5 Å². The molecule has 2 fully saturated rings. The monoisotopic (exact) mass is 387 g/mol. The lowest BCUT2D eigenvalue weighted by Crippen LogP contribution is -2.48. The summed E-state index contributed by atoms with van der Waals surface area (Å²) in [5.41, 5.74) is 2.42. The van der Waals surface area contributed by atoms with E-state index in [9.17, 15) is 0 Å². The molecular weight excluding hydrogens is 358 g/mol. The molecule has 5 rings (SSSR count). The molecule has 29 heavy (non-hydrogen) atoms. The molecule has 1 saturated heterocycles. The maximum atomic E-state index is 4.69. The van der Waals surface area contributed by atoms with Gasteiger partial charge >= 0.3 is 0 Å². The van der Waals surface area contributed by atoms with Gasteiger partial charge in [-0.05, 0) is 60.3 Å². The van der Waals surface area contributed by atoms with Crippen molar-refractivity contribution in [1.82, 2.24) is 25.1 Å². The maximum absolute atomic E-state index is 4.69. The predicted octanol–water partition coefficient (Wildman–Crippen LogP) is 4.57. The first-order valence-corrected chi connectivity index (χ1v) is 11.0. The van der Waals surface area contributed by atoms with Crippen LogP contribution in [0.2, 0.25) is 0 Å². The van der Waals surface area contributed by atoms with E-state index in [1.165, 1.54) is 43.2 Å². The van der Waals surface area contributed by atoms with Crippen LogP contribution in [0, 0.1) is 0 Å². The minimum atomic E-state index is -0.0277. The van der Waals surface area contributed by atoms with Crippen LogP contribution in [-0.4, -0.2) is 38.2 Å². The predicted molar refractivity (Wildman–Crippen MR) is 114 cm³/mol. The van der Waals surface area contributed by atoms with Crippen molar-refractivity contribution >= 4 is 0 Å². The molecule has 150 valence electrons. The Kier molecular flexibility index (Phi) is 5.15. The summed E-state index contributed by atoms with van der Waals surface area (Å²) in [5, 5.41) is 13.5. The van der Waals surface area contributed by atoms with Crippen LogP contribution in [0.1, 0.15) is 67.9 Å². The van der Waals surface area contributed by atoms with Gasteiger partial charge in [0.2, 0.25) is 0 Å². The van der Waals surface area contributed by atoms with Gasteiger partial charge < -0.3 is 0 Å². The second-order valence-electron chi connectivity index (χ2n) is 8.46. The largest absolute Gasteiger partial charge is 0.291 e. The molecule has 1 aliphatic heterocycles. The minimum absolute atomic E-state index is 0.0104. The Bertz CT molecular complexity index is 869. The molecule has 0 amide bonds. The summed E-state index contributed by atoms with van der Waals surface area (Å²) in [6.07, 6.45) is 8.70. The lowest BCUT2D eigenvalue weighted by Gasteiger charge is -2.44. The van der Waals surface area contributed by atoms with E-state index < -0.39 is 0 Å². The van der Waals surface area contributed by atoms with Gasteiger partial charge in [0.1, 0.15) is 6.04 Å². The number of rotatable bonds is 5. The summed E-state index contributed by atoms with van der Waals surface area (Å²) in [4.78, 5) is 2.68. The second-order valence-corrected chi connectivity index (χ2v) is 8.46. The lowest BCUT2D eigenvalue weighted by molar-refractivity contribution is 0.0566. The molecule has 0 unspecified atom stereocenters. The summed E-state index contributed by atoms with van der Waals surface area (Å²) in [6, 6.07) is 21.3. The van der Waals surface area contributed by atoms with Gasteiger partial charge in [-0.1, -0.05) is 79.9 Å². The first kappa shape index (κ1) is 18.5. The molecule has 0 atom stereocenters. The van der Waals surface area contributed by atoms with Gasteiger partial charge in [-0.25, -0.2) is 4.68 Å². The van der Waals surface area contributed by atoms with E-state index in [0.717, 1.165) is 31.8 Å². The number of tetrazole rings is 1. The molecule has 1 aliphatic carbocycles. The fourth-order valence-electron chi connectivity index (χ4n) is 5.38. The van der Waals surface area contributed by atoms with Gasteiger partial charge in [0.15, 0.2) is 5.82 Å². The first-order chi connectivity index (χ1) is 14.4. The Balaban J connectivity index is 1.65. The van der Waals surface area contributed by atoms with E-state index >= 15 is 0 Å². The van der Waals surface area contributed by atoms with Crippen LogP contribution < -0.4 is 0 Å². The summed E-state index contributed by atoms with van der Waals surface area (Å²) < 4.78 is 2.12. The average molecular weight is 388 g/mol. The average Bonchev–Trinajstić information content (AvgIpc) is 3.49. The Morgan fingerprint density at radius 1 is 0.724 bits per heavy atom. The Hall–Kier alpha value is -2.53. The van der Waals surface area contributed by atoms with Crippen LogP contribution in [0.25, 0.3) is 0 Å². The molecule has 0 bridgehead atoms. The van der Waals surface area contributed by atoms with Gasteiger partial charge in [0.25, 0.3) is 0 Å². The van der Waals surface area contributed by atoms with Crippen molar-refractivity contribution in [1.29, 1.82) is 0 Å². The molecule has 1 saturated carbocycles. The molecule has 2 heterocycles. The third kappa shape index (κ3) is 3.38. The van der Waals surface area contributed by atoms with Crippen LogP contribution in [-0.2, 0) is 5.54 Å². The fourth-order valence-corrected chi connectivity index (χ4v) is 5.38. The van der Waals surface area contributed by atoms with E-state index in [1.807, 2.05) is 0 Å². The van der Waals surface area contributed by atoms with E-state index in [0.29, 0.717) is 0 Å². The number of hydrogen-bond acceptors (Lipinski definition) is 4. The van der Waals surface area contributed by atoms with Gasteiger partial charge in [0, 0.05) is 0 Å². The third-order valence-corrected chi connectivity index (χ3v) is 6.78. The molecule has 2 aromatic carbocycles. The van der Waals surface area contributed by atoms with Crippen LogP contribution in [0.5, 0.6) is 0 Å². The molecular formula is C24H29N5. The van der Waals surface area contributed by atoms with Crippen LogP contribution in [0.3, 0.4) is 0 Å². The zero-order valence-corrected chi connectivity index (χ0v) is 17.0. The van der Waals surface area contributed by atoms with Gasteiger partial charge in [-0.3, -0.25) is 4.90 Å². The van der Waals surface area contributed by atoms with Crippen molar-refractivity contribution in [3.8, 4) is 0 Å². The molecule has 1 aromatic heterocycles. The van der Waals surface area contributed by atoms with Gasteiger partial charge in [0.05, 0.1) is 5.54 Å². The Morgan fingerprint density at radius 3 is 1.90 bits per heavy atom. The van der Waals surface area contributed by atoms with Crippen LogP contribution in [0.15, 0.2) is 60.7 Å². The van der Waals surface area contributed by atoms with E-state index in [-0.39, 0.29) is 11.6 Å². The highest BCUT2D eigenvalue weighted by Crippen LogP contribution is 2.44. The SMILES string of the molecule is c1ccc(C(c2ccccc2)n2nnnc2C2(N3CCCC3)CCCCC2)cc1. The van der Waals surface area contributed by atoms with E-state index in [2.05, 4.69) is 85.8 Å². The minimum Gasteiger partial charge on any atom is -0.291 e. The van der Waals surface area contributed by atoms with Crippen LogP contribution in [0.4, 0.5) is 0 Å². The second kappa shape index (κ2) is 8.07. The quantitative estimate of drug-likeness (QED) is 0.644. The highest BCUT2D eigenvalue weighted by atomic mass is 15.6. The number of nitrogens with zero attached hydrogens (tertiary/aromatic N) is 5. The molecule has 5 nitrogen and oxygen atoms in total. The zero-order chi connectivity index (χ0) is 19.5. The molecule has 0 N–H and O–H groups in total. The Labute approximate surface area is 172 Å². The van der Waals surface area contributed by atoms with Gasteiger partial charge in [-0.2, -0.15) is 0 Å². The summed E-state index contributed by atoms with van der Waals surface area (Å²) in [5.74, 6) is 1.05. The molecule has 0 radical (unpaired) electrons. The number of hydrogen-bond donors (Lipinski definition) is 0. The number of likely N-dealkylation sites (tertiary alicyclic amines) is 1. The fraction of sp³-hybridized carbons (Fsp3) is 0.458. The molecule has 3 aromatic rings. The standard InChI is InChI=1S/C24H29N5/c1-4-12-20(13-5-1)22(21-14-6-2-7-15-21)29-23(25-26-27-29)24(16-8-3-9-17-24)28-18-10-11-19-28/h1-2,4-7,12-15,22H,3,8-11,16-19H2. The van der Waals surface area contributed by atoms with Crippen molar-refractivity contribution < 1.29 is 0 Å². The topological polar surface area (TPSA) is 46.8 Å². The summed E-state index contributed by atoms with van der Waals surface area (Å²) in [7, 11) is 0. The van der Waals surface area contributed by atoms with E-state index in [4.69, 9.17) is 0 Å².